The third-order valence-corrected chi connectivity index (χ3v) is 1.70. The zero-order chi connectivity index (χ0) is 12.8. The van der Waals surface area contributed by atoms with Crippen molar-refractivity contribution in [3.63, 3.8) is 0 Å². The van der Waals surface area contributed by atoms with Gasteiger partial charge in [0.05, 0.1) is 22.7 Å². The predicted molar refractivity (Wildman–Crippen MR) is 55.8 cm³/mol. The van der Waals surface area contributed by atoms with E-state index in [9.17, 15) is 20.1 Å². The van der Waals surface area contributed by atoms with Crippen molar-refractivity contribution in [1.29, 1.82) is 0 Å². The smallest absolute Gasteiger partial charge is 0.492 e. The van der Waals surface area contributed by atoms with Crippen molar-refractivity contribution < 1.29 is 19.3 Å². The van der Waals surface area contributed by atoms with Gasteiger partial charge < -0.3 is 9.94 Å². The molecular formula is C9H9N3O5. The number of nitro groups is 1. The average Bonchev–Trinajstić information content (AvgIpc) is 2.29. The molecule has 0 aliphatic rings. The Morgan fingerprint density at radius 1 is 1.41 bits per heavy atom. The summed E-state index contributed by atoms with van der Waals surface area (Å²) in [6, 6.07) is 4.85. The second kappa shape index (κ2) is 5.54. The largest absolute Gasteiger partial charge is 0.594 e. The maximum absolute atomic E-state index is 11.3. The maximum atomic E-state index is 11.3. The summed E-state index contributed by atoms with van der Waals surface area (Å²) in [6.45, 7) is 1.65. The Morgan fingerprint density at radius 3 is 2.65 bits per heavy atom. The van der Waals surface area contributed by atoms with Crippen LogP contribution in [0.15, 0.2) is 29.4 Å². The van der Waals surface area contributed by atoms with Crippen LogP contribution in [0.2, 0.25) is 0 Å². The van der Waals surface area contributed by atoms with Crippen molar-refractivity contribution in [2.45, 2.75) is 6.92 Å². The molecule has 0 spiro atoms. The van der Waals surface area contributed by atoms with E-state index in [1.807, 2.05) is 0 Å². The van der Waals surface area contributed by atoms with Gasteiger partial charge in [-0.25, -0.2) is 4.79 Å². The Morgan fingerprint density at radius 2 is 2.06 bits per heavy atom. The minimum Gasteiger partial charge on any atom is -0.594 e. The molecule has 8 nitrogen and oxygen atoms in total. The summed E-state index contributed by atoms with van der Waals surface area (Å²) in [6.07, 6.45) is -1.05. The van der Waals surface area contributed by atoms with Crippen LogP contribution in [0.25, 0.3) is 0 Å². The molecule has 90 valence electrons. The Labute approximate surface area is 95.9 Å². The SMILES string of the molecule is CCOC(=O)N=[N+]([O-])c1cccc([N+](=O)[O-])c1. The summed E-state index contributed by atoms with van der Waals surface area (Å²) < 4.78 is 4.43. The van der Waals surface area contributed by atoms with E-state index in [2.05, 4.69) is 9.85 Å². The van der Waals surface area contributed by atoms with Gasteiger partial charge in [0.2, 0.25) is 0 Å². The Bertz CT molecular complexity index is 471. The van der Waals surface area contributed by atoms with Gasteiger partial charge in [-0.1, -0.05) is 0 Å². The number of nitro benzene ring substituents is 1. The highest BCUT2D eigenvalue weighted by atomic mass is 16.6. The second-order valence-corrected chi connectivity index (χ2v) is 2.85. The fourth-order valence-electron chi connectivity index (χ4n) is 1.01. The fourth-order valence-corrected chi connectivity index (χ4v) is 1.01. The van der Waals surface area contributed by atoms with Crippen LogP contribution < -0.4 is 0 Å². The van der Waals surface area contributed by atoms with E-state index in [1.165, 1.54) is 18.2 Å². The van der Waals surface area contributed by atoms with Crippen LogP contribution in [-0.2, 0) is 4.74 Å². The summed E-state index contributed by atoms with van der Waals surface area (Å²) in [5.41, 5.74) is -0.380. The molecule has 0 saturated carbocycles. The molecule has 1 amide bonds. The Kier molecular flexibility index (Phi) is 4.09. The van der Waals surface area contributed by atoms with Crippen molar-refractivity contribution in [2.75, 3.05) is 6.61 Å². The molecule has 17 heavy (non-hydrogen) atoms. The van der Waals surface area contributed by atoms with Gasteiger partial charge in [-0.05, 0) is 17.9 Å². The molecule has 0 fully saturated rings. The van der Waals surface area contributed by atoms with Gasteiger partial charge in [0.1, 0.15) is 0 Å². The molecule has 1 aromatic carbocycles. The first-order chi connectivity index (χ1) is 8.04. The first-order valence-electron chi connectivity index (χ1n) is 4.64. The molecule has 0 saturated heterocycles. The van der Waals surface area contributed by atoms with Gasteiger partial charge >= 0.3 is 6.09 Å². The molecule has 0 bridgehead atoms. The number of benzene rings is 1. The van der Waals surface area contributed by atoms with Gasteiger partial charge in [-0.3, -0.25) is 10.1 Å². The van der Waals surface area contributed by atoms with Crippen molar-refractivity contribution >= 4 is 17.5 Å². The minimum absolute atomic E-state index is 0.0228. The van der Waals surface area contributed by atoms with E-state index in [-0.39, 0.29) is 22.8 Å². The number of carbonyl (C=O) groups excluding carboxylic acids is 1. The highest BCUT2D eigenvalue weighted by Gasteiger charge is 2.13. The van der Waals surface area contributed by atoms with Crippen LogP contribution in [-0.4, -0.2) is 22.5 Å². The van der Waals surface area contributed by atoms with Crippen LogP contribution in [0.3, 0.4) is 0 Å². The van der Waals surface area contributed by atoms with Gasteiger partial charge in [0.25, 0.3) is 11.4 Å². The molecule has 0 N–H and O–H groups in total. The van der Waals surface area contributed by atoms with E-state index in [0.717, 1.165) is 6.07 Å². The van der Waals surface area contributed by atoms with Gasteiger partial charge in [-0.2, -0.15) is 0 Å². The Balaban J connectivity index is 2.96. The van der Waals surface area contributed by atoms with Crippen LogP contribution in [0, 0.1) is 15.3 Å². The lowest BCUT2D eigenvalue weighted by molar-refractivity contribution is -0.437. The molecule has 0 unspecified atom stereocenters. The summed E-state index contributed by atoms with van der Waals surface area (Å²) >= 11 is 0. The lowest BCUT2D eigenvalue weighted by Crippen LogP contribution is -2.02. The first kappa shape index (κ1) is 12.6. The number of azo groups is 1. The molecular weight excluding hydrogens is 230 g/mol. The van der Waals surface area contributed by atoms with Crippen LogP contribution >= 0.6 is 0 Å². The van der Waals surface area contributed by atoms with Crippen molar-refractivity contribution in [1.82, 2.24) is 0 Å². The quantitative estimate of drug-likeness (QED) is 0.348. The van der Waals surface area contributed by atoms with E-state index in [1.54, 1.807) is 6.92 Å². The minimum atomic E-state index is -1.05. The lowest BCUT2D eigenvalue weighted by atomic mass is 10.3. The number of amides is 1. The first-order valence-corrected chi connectivity index (χ1v) is 4.64. The monoisotopic (exact) mass is 239 g/mol. The number of carbonyl (C=O) groups is 1. The van der Waals surface area contributed by atoms with Crippen LogP contribution in [0.1, 0.15) is 6.92 Å². The van der Waals surface area contributed by atoms with Gasteiger partial charge in [0, 0.05) is 12.1 Å². The standard InChI is InChI=1S/C9H9N3O5/c1-2-17-9(13)10-11(14)7-4-3-5-8(6-7)12(15)16/h3-6H,2H2,1H3. The topological polar surface area (TPSA) is 108 Å². The Hall–Kier alpha value is -2.51. The molecule has 0 aromatic heterocycles. The lowest BCUT2D eigenvalue weighted by Gasteiger charge is -1.99. The molecule has 0 radical (unpaired) electrons. The van der Waals surface area contributed by atoms with Crippen LogP contribution in [0.5, 0.6) is 0 Å². The summed E-state index contributed by atoms with van der Waals surface area (Å²) in [5, 5.41) is 24.8. The van der Waals surface area contributed by atoms with Crippen LogP contribution in [0.4, 0.5) is 16.2 Å². The number of nitrogens with zero attached hydrogens (tertiary/aromatic N) is 3. The van der Waals surface area contributed by atoms with E-state index < -0.39 is 11.0 Å². The second-order valence-electron chi connectivity index (χ2n) is 2.85. The third kappa shape index (κ3) is 3.52. The number of hydrogen-bond donors (Lipinski definition) is 0. The zero-order valence-corrected chi connectivity index (χ0v) is 8.90. The molecule has 1 rings (SSSR count). The number of rotatable bonds is 3. The van der Waals surface area contributed by atoms with Gasteiger partial charge in [0.15, 0.2) is 0 Å². The average molecular weight is 239 g/mol. The summed E-state index contributed by atoms with van der Waals surface area (Å²) in [7, 11) is 0. The maximum Gasteiger partial charge on any atom is 0.492 e. The number of hydrogen-bond acceptors (Lipinski definition) is 5. The summed E-state index contributed by atoms with van der Waals surface area (Å²) in [4.78, 5) is 20.7. The molecule has 0 aliphatic carbocycles. The van der Waals surface area contributed by atoms with E-state index in [0.29, 0.717) is 0 Å². The number of non-ortho nitro benzene ring substituents is 1. The fraction of sp³-hybridized carbons (Fsp3) is 0.222. The molecule has 0 aliphatic heterocycles. The van der Waals surface area contributed by atoms with Crippen molar-refractivity contribution in [2.24, 2.45) is 5.11 Å². The van der Waals surface area contributed by atoms with Crippen molar-refractivity contribution in [3.05, 3.63) is 39.6 Å². The zero-order valence-electron chi connectivity index (χ0n) is 8.90. The highest BCUT2D eigenvalue weighted by Crippen LogP contribution is 2.19. The van der Waals surface area contributed by atoms with E-state index >= 15 is 0 Å². The predicted octanol–water partition coefficient (Wildman–Crippen LogP) is 2.35. The normalized spacial score (nSPS) is 11.0. The molecule has 8 heteroatoms. The number of ether oxygens (including phenoxy) is 1. The van der Waals surface area contributed by atoms with E-state index in [4.69, 9.17) is 0 Å². The van der Waals surface area contributed by atoms with Crippen molar-refractivity contribution in [3.8, 4) is 0 Å². The third-order valence-electron chi connectivity index (χ3n) is 1.70. The summed E-state index contributed by atoms with van der Waals surface area (Å²) in [5.74, 6) is 0. The highest BCUT2D eigenvalue weighted by molar-refractivity contribution is 5.66. The molecule has 1 aromatic rings. The van der Waals surface area contributed by atoms with Gasteiger partial charge in [-0.15, -0.1) is 0 Å². The molecule has 0 heterocycles. The molecule has 0 atom stereocenters.